The third-order valence-corrected chi connectivity index (χ3v) is 5.00. The first-order valence-corrected chi connectivity index (χ1v) is 8.68. The molecule has 0 bridgehead atoms. The van der Waals surface area contributed by atoms with E-state index in [1.165, 1.54) is 4.90 Å². The third kappa shape index (κ3) is 3.44. The minimum absolute atomic E-state index is 0.0351. The normalized spacial score (nSPS) is 19.5. The van der Waals surface area contributed by atoms with Crippen molar-refractivity contribution in [3.05, 3.63) is 34.4 Å². The van der Waals surface area contributed by atoms with E-state index in [2.05, 4.69) is 0 Å². The van der Waals surface area contributed by atoms with Gasteiger partial charge in [0.05, 0.1) is 0 Å². The van der Waals surface area contributed by atoms with Crippen molar-refractivity contribution in [1.29, 1.82) is 0 Å². The minimum atomic E-state index is -0.272. The SMILES string of the molecule is Cc1cc(C)c(C(=O)N2CCC(N3C(=O)COCC3=O)CC2)c(C)c1. The van der Waals surface area contributed by atoms with Crippen molar-refractivity contribution < 1.29 is 19.1 Å². The summed E-state index contributed by atoms with van der Waals surface area (Å²) in [6.45, 7) is 6.98. The molecule has 25 heavy (non-hydrogen) atoms. The summed E-state index contributed by atoms with van der Waals surface area (Å²) in [7, 11) is 0. The molecule has 6 heteroatoms. The van der Waals surface area contributed by atoms with Crippen LogP contribution >= 0.6 is 0 Å². The molecule has 2 saturated heterocycles. The first kappa shape index (κ1) is 17.6. The van der Waals surface area contributed by atoms with Crippen LogP contribution in [0.4, 0.5) is 0 Å². The fourth-order valence-electron chi connectivity index (χ4n) is 3.91. The Morgan fingerprint density at radius 2 is 1.52 bits per heavy atom. The Bertz CT molecular complexity index is 681. The van der Waals surface area contributed by atoms with Gasteiger partial charge in [-0.15, -0.1) is 0 Å². The molecule has 1 aromatic carbocycles. The quantitative estimate of drug-likeness (QED) is 0.765. The van der Waals surface area contributed by atoms with Gasteiger partial charge in [0.15, 0.2) is 0 Å². The summed E-state index contributed by atoms with van der Waals surface area (Å²) >= 11 is 0. The zero-order valence-corrected chi connectivity index (χ0v) is 15.0. The second-order valence-corrected chi connectivity index (χ2v) is 6.95. The number of piperidine rings is 1. The molecule has 0 aliphatic carbocycles. The van der Waals surface area contributed by atoms with Gasteiger partial charge in [-0.05, 0) is 44.7 Å². The van der Waals surface area contributed by atoms with Gasteiger partial charge >= 0.3 is 0 Å². The molecule has 6 nitrogen and oxygen atoms in total. The summed E-state index contributed by atoms with van der Waals surface area (Å²) in [6, 6.07) is 3.92. The van der Waals surface area contributed by atoms with Crippen LogP contribution in [0.25, 0.3) is 0 Å². The molecular weight excluding hydrogens is 320 g/mol. The maximum absolute atomic E-state index is 12.9. The van der Waals surface area contributed by atoms with Gasteiger partial charge in [0, 0.05) is 24.7 Å². The lowest BCUT2D eigenvalue weighted by Crippen LogP contribution is -2.55. The van der Waals surface area contributed by atoms with Crippen molar-refractivity contribution in [2.75, 3.05) is 26.3 Å². The van der Waals surface area contributed by atoms with E-state index >= 15 is 0 Å². The lowest BCUT2D eigenvalue weighted by molar-refractivity contribution is -0.162. The summed E-state index contributed by atoms with van der Waals surface area (Å²) in [5.41, 5.74) is 3.89. The van der Waals surface area contributed by atoms with E-state index in [0.29, 0.717) is 25.9 Å². The number of carbonyl (C=O) groups is 3. The molecular formula is C19H24N2O4. The average molecular weight is 344 g/mol. The van der Waals surface area contributed by atoms with Crippen molar-refractivity contribution in [2.24, 2.45) is 0 Å². The van der Waals surface area contributed by atoms with E-state index in [0.717, 1.165) is 22.3 Å². The maximum atomic E-state index is 12.9. The van der Waals surface area contributed by atoms with Crippen LogP contribution in [-0.4, -0.2) is 59.9 Å². The van der Waals surface area contributed by atoms with E-state index in [4.69, 9.17) is 4.74 Å². The molecule has 134 valence electrons. The maximum Gasteiger partial charge on any atom is 0.255 e. The fraction of sp³-hybridized carbons (Fsp3) is 0.526. The van der Waals surface area contributed by atoms with Crippen molar-refractivity contribution >= 4 is 17.7 Å². The van der Waals surface area contributed by atoms with Gasteiger partial charge in [-0.1, -0.05) is 17.7 Å². The number of hydrogen-bond acceptors (Lipinski definition) is 4. The number of benzene rings is 1. The molecule has 0 aromatic heterocycles. The molecule has 1 aromatic rings. The van der Waals surface area contributed by atoms with E-state index in [9.17, 15) is 14.4 Å². The summed E-state index contributed by atoms with van der Waals surface area (Å²) in [4.78, 5) is 40.0. The Kier molecular flexibility index (Phi) is 4.90. The number of ether oxygens (including phenoxy) is 1. The Morgan fingerprint density at radius 3 is 2.04 bits per heavy atom. The summed E-state index contributed by atoms with van der Waals surface area (Å²) in [5, 5.41) is 0. The number of aryl methyl sites for hydroxylation is 3. The van der Waals surface area contributed by atoms with Gasteiger partial charge in [-0.3, -0.25) is 19.3 Å². The van der Waals surface area contributed by atoms with E-state index < -0.39 is 0 Å². The first-order valence-electron chi connectivity index (χ1n) is 8.68. The zero-order chi connectivity index (χ0) is 18.1. The Morgan fingerprint density at radius 1 is 1.00 bits per heavy atom. The fourth-order valence-corrected chi connectivity index (χ4v) is 3.91. The second kappa shape index (κ2) is 6.96. The standard InChI is InChI=1S/C19H24N2O4/c1-12-8-13(2)18(14(3)9-12)19(24)20-6-4-15(5-7-20)21-16(22)10-25-11-17(21)23/h8-9,15H,4-7,10-11H2,1-3H3. The molecule has 0 spiro atoms. The summed E-state index contributed by atoms with van der Waals surface area (Å²) < 4.78 is 4.96. The summed E-state index contributed by atoms with van der Waals surface area (Å²) in [5.74, 6) is -0.509. The van der Waals surface area contributed by atoms with Crippen molar-refractivity contribution in [3.63, 3.8) is 0 Å². The molecule has 3 rings (SSSR count). The topological polar surface area (TPSA) is 66.9 Å². The molecule has 2 fully saturated rings. The first-order chi connectivity index (χ1) is 11.9. The highest BCUT2D eigenvalue weighted by atomic mass is 16.5. The zero-order valence-electron chi connectivity index (χ0n) is 15.0. The predicted molar refractivity (Wildman–Crippen MR) is 92.3 cm³/mol. The molecule has 0 radical (unpaired) electrons. The average Bonchev–Trinajstić information content (AvgIpc) is 2.54. The van der Waals surface area contributed by atoms with Gasteiger partial charge in [0.25, 0.3) is 17.7 Å². The number of imide groups is 1. The molecule has 0 saturated carbocycles. The number of likely N-dealkylation sites (tertiary alicyclic amines) is 1. The molecule has 0 unspecified atom stereocenters. The number of amides is 3. The number of carbonyl (C=O) groups excluding carboxylic acids is 3. The number of nitrogens with zero attached hydrogens (tertiary/aromatic N) is 2. The van der Waals surface area contributed by atoms with Crippen LogP contribution in [0.15, 0.2) is 12.1 Å². The highest BCUT2D eigenvalue weighted by Crippen LogP contribution is 2.23. The van der Waals surface area contributed by atoms with Gasteiger partial charge in [0.2, 0.25) is 0 Å². The van der Waals surface area contributed by atoms with Crippen molar-refractivity contribution in [3.8, 4) is 0 Å². The monoisotopic (exact) mass is 344 g/mol. The van der Waals surface area contributed by atoms with Gasteiger partial charge in [0.1, 0.15) is 13.2 Å². The van der Waals surface area contributed by atoms with Gasteiger partial charge < -0.3 is 9.64 Å². The molecule has 2 aliphatic heterocycles. The van der Waals surface area contributed by atoms with Crippen LogP contribution < -0.4 is 0 Å². The third-order valence-electron chi connectivity index (χ3n) is 5.00. The molecule has 3 amide bonds. The van der Waals surface area contributed by atoms with Gasteiger partial charge in [-0.25, -0.2) is 0 Å². The second-order valence-electron chi connectivity index (χ2n) is 6.95. The molecule has 0 atom stereocenters. The van der Waals surface area contributed by atoms with Crippen molar-refractivity contribution in [2.45, 2.75) is 39.7 Å². The molecule has 2 aliphatic rings. The molecule has 2 heterocycles. The van der Waals surface area contributed by atoms with Gasteiger partial charge in [-0.2, -0.15) is 0 Å². The van der Waals surface area contributed by atoms with Crippen molar-refractivity contribution in [1.82, 2.24) is 9.80 Å². The lowest BCUT2D eigenvalue weighted by Gasteiger charge is -2.39. The number of rotatable bonds is 2. The van der Waals surface area contributed by atoms with E-state index in [-0.39, 0.29) is 37.0 Å². The molecule has 0 N–H and O–H groups in total. The minimum Gasteiger partial charge on any atom is -0.362 e. The lowest BCUT2D eigenvalue weighted by atomic mass is 9.96. The van der Waals surface area contributed by atoms with Crippen LogP contribution in [0, 0.1) is 20.8 Å². The summed E-state index contributed by atoms with van der Waals surface area (Å²) in [6.07, 6.45) is 1.24. The Hall–Kier alpha value is -2.21. The van der Waals surface area contributed by atoms with Crippen LogP contribution in [-0.2, 0) is 14.3 Å². The largest absolute Gasteiger partial charge is 0.362 e. The van der Waals surface area contributed by atoms with E-state index in [1.54, 1.807) is 0 Å². The Labute approximate surface area is 147 Å². The number of hydrogen-bond donors (Lipinski definition) is 0. The van der Waals surface area contributed by atoms with E-state index in [1.807, 2.05) is 37.8 Å². The highest BCUT2D eigenvalue weighted by molar-refractivity contribution is 5.99. The van der Waals surface area contributed by atoms with Crippen LogP contribution in [0.1, 0.15) is 39.9 Å². The van der Waals surface area contributed by atoms with Crippen LogP contribution in [0.3, 0.4) is 0 Å². The highest BCUT2D eigenvalue weighted by Gasteiger charge is 2.36. The smallest absolute Gasteiger partial charge is 0.255 e. The predicted octanol–water partition coefficient (Wildman–Crippen LogP) is 1.60. The Balaban J connectivity index is 1.69. The van der Waals surface area contributed by atoms with Crippen LogP contribution in [0.5, 0.6) is 0 Å². The number of morpholine rings is 1. The van der Waals surface area contributed by atoms with Crippen LogP contribution in [0.2, 0.25) is 0 Å².